The van der Waals surface area contributed by atoms with E-state index >= 15 is 0 Å². The highest BCUT2D eigenvalue weighted by molar-refractivity contribution is 5.97. The molecule has 32 heavy (non-hydrogen) atoms. The lowest BCUT2D eigenvalue weighted by Gasteiger charge is -2.41. The van der Waals surface area contributed by atoms with Crippen LogP contribution in [0.5, 0.6) is 5.75 Å². The van der Waals surface area contributed by atoms with Crippen LogP contribution in [0.3, 0.4) is 0 Å². The third-order valence-corrected chi connectivity index (χ3v) is 6.61. The molecule has 0 radical (unpaired) electrons. The van der Waals surface area contributed by atoms with Gasteiger partial charge >= 0.3 is 0 Å². The topological polar surface area (TPSA) is 42.0 Å². The number of benzene rings is 2. The largest absolute Gasteiger partial charge is 0.491 e. The first-order valence-electron chi connectivity index (χ1n) is 11.7. The zero-order valence-electron chi connectivity index (χ0n) is 18.8. The van der Waals surface area contributed by atoms with Crippen LogP contribution < -0.4 is 4.74 Å². The Morgan fingerprint density at radius 3 is 2.62 bits per heavy atom. The molecule has 172 valence electrons. The average Bonchev–Trinajstić information content (AvgIpc) is 2.83. The van der Waals surface area contributed by atoms with Crippen LogP contribution in [0.15, 0.2) is 48.5 Å². The number of halogens is 1. The Balaban J connectivity index is 1.55. The smallest absolute Gasteiger partial charge is 0.257 e. The summed E-state index contributed by atoms with van der Waals surface area (Å²) < 4.78 is 25.2. The summed E-state index contributed by atoms with van der Waals surface area (Å²) in [6.45, 7) is 3.68. The maximum atomic E-state index is 13.5. The van der Waals surface area contributed by atoms with Crippen molar-refractivity contribution in [1.29, 1.82) is 0 Å². The zero-order valence-corrected chi connectivity index (χ0v) is 18.8. The van der Waals surface area contributed by atoms with Gasteiger partial charge in [0.2, 0.25) is 0 Å². The van der Waals surface area contributed by atoms with Crippen molar-refractivity contribution in [2.24, 2.45) is 0 Å². The molecule has 0 spiro atoms. The van der Waals surface area contributed by atoms with E-state index in [2.05, 4.69) is 4.90 Å². The number of ether oxygens (including phenoxy) is 2. The molecule has 0 saturated carbocycles. The minimum absolute atomic E-state index is 0.0368. The van der Waals surface area contributed by atoms with Gasteiger partial charge in [-0.05, 0) is 62.1 Å². The second kappa shape index (κ2) is 10.9. The lowest BCUT2D eigenvalue weighted by Crippen LogP contribution is -2.51. The van der Waals surface area contributed by atoms with Crippen molar-refractivity contribution in [2.75, 3.05) is 33.4 Å². The average molecular weight is 441 g/mol. The molecule has 2 aromatic rings. The first-order valence-corrected chi connectivity index (χ1v) is 11.7. The summed E-state index contributed by atoms with van der Waals surface area (Å²) in [6.07, 6.45) is 4.99. The lowest BCUT2D eigenvalue weighted by molar-refractivity contribution is -0.0155. The first kappa shape index (κ1) is 22.7. The summed E-state index contributed by atoms with van der Waals surface area (Å²) in [6, 6.07) is 14.3. The van der Waals surface area contributed by atoms with E-state index in [9.17, 15) is 9.18 Å². The van der Waals surface area contributed by atoms with Gasteiger partial charge in [-0.1, -0.05) is 30.7 Å². The lowest BCUT2D eigenvalue weighted by atomic mass is 9.93. The number of amides is 1. The van der Waals surface area contributed by atoms with E-state index in [1.165, 1.54) is 12.1 Å². The van der Waals surface area contributed by atoms with Crippen LogP contribution in [0.25, 0.3) is 0 Å². The van der Waals surface area contributed by atoms with Gasteiger partial charge in [0.15, 0.2) is 0 Å². The van der Waals surface area contributed by atoms with E-state index in [0.717, 1.165) is 63.8 Å². The number of piperidine rings is 1. The van der Waals surface area contributed by atoms with Crippen LogP contribution in [-0.4, -0.2) is 61.2 Å². The molecule has 0 N–H and O–H groups in total. The quantitative estimate of drug-likeness (QED) is 0.704. The highest BCUT2D eigenvalue weighted by Crippen LogP contribution is 2.29. The number of rotatable bonds is 3. The van der Waals surface area contributed by atoms with Gasteiger partial charge in [-0.15, -0.1) is 0 Å². The third kappa shape index (κ3) is 5.48. The predicted octanol–water partition coefficient (Wildman–Crippen LogP) is 4.51. The maximum absolute atomic E-state index is 13.5. The van der Waals surface area contributed by atoms with Gasteiger partial charge in [-0.3, -0.25) is 9.69 Å². The Kier molecular flexibility index (Phi) is 7.76. The first-order chi connectivity index (χ1) is 15.7. The fraction of sp³-hybridized carbons (Fsp3) is 0.500. The van der Waals surface area contributed by atoms with Crippen molar-refractivity contribution in [2.45, 2.75) is 50.8 Å². The fourth-order valence-electron chi connectivity index (χ4n) is 4.91. The van der Waals surface area contributed by atoms with E-state index in [4.69, 9.17) is 9.47 Å². The Morgan fingerprint density at radius 2 is 1.81 bits per heavy atom. The van der Waals surface area contributed by atoms with Gasteiger partial charge in [0.05, 0.1) is 17.7 Å². The van der Waals surface area contributed by atoms with Crippen molar-refractivity contribution in [3.63, 3.8) is 0 Å². The number of carbonyl (C=O) groups excluding carboxylic acids is 1. The molecule has 2 aliphatic heterocycles. The molecule has 1 fully saturated rings. The highest BCUT2D eigenvalue weighted by Gasteiger charge is 2.35. The summed E-state index contributed by atoms with van der Waals surface area (Å²) in [7, 11) is 1.75. The van der Waals surface area contributed by atoms with Gasteiger partial charge < -0.3 is 14.4 Å². The molecule has 2 atom stereocenters. The van der Waals surface area contributed by atoms with Gasteiger partial charge in [0, 0.05) is 26.7 Å². The summed E-state index contributed by atoms with van der Waals surface area (Å²) >= 11 is 0. The van der Waals surface area contributed by atoms with Gasteiger partial charge in [-0.25, -0.2) is 4.39 Å². The van der Waals surface area contributed by atoms with Crippen molar-refractivity contribution in [3.8, 4) is 5.75 Å². The summed E-state index contributed by atoms with van der Waals surface area (Å²) in [5.41, 5.74) is 1.71. The van der Waals surface area contributed by atoms with Crippen molar-refractivity contribution in [1.82, 2.24) is 9.80 Å². The molecule has 1 amide bonds. The predicted molar refractivity (Wildman–Crippen MR) is 122 cm³/mol. The van der Waals surface area contributed by atoms with Crippen molar-refractivity contribution in [3.05, 3.63) is 65.5 Å². The second-order valence-corrected chi connectivity index (χ2v) is 8.73. The Bertz CT molecular complexity index is 889. The molecular weight excluding hydrogens is 407 g/mol. The van der Waals surface area contributed by atoms with Gasteiger partial charge in [0.1, 0.15) is 18.2 Å². The SMILES string of the molecule is CO[C@H]1CCCN2C(=O)c3ccccc3OCCN(Cc3ccc(F)cc3)CCCC[C@@H]12. The summed E-state index contributed by atoms with van der Waals surface area (Å²) in [4.78, 5) is 17.9. The Labute approximate surface area is 190 Å². The van der Waals surface area contributed by atoms with Crippen LogP contribution in [0.1, 0.15) is 48.0 Å². The van der Waals surface area contributed by atoms with Crippen LogP contribution in [0, 0.1) is 5.82 Å². The second-order valence-electron chi connectivity index (χ2n) is 8.73. The van der Waals surface area contributed by atoms with Crippen molar-refractivity contribution >= 4 is 5.91 Å². The molecule has 4 rings (SSSR count). The van der Waals surface area contributed by atoms with E-state index in [0.29, 0.717) is 17.9 Å². The summed E-state index contributed by atoms with van der Waals surface area (Å²) in [5.74, 6) is 0.458. The van der Waals surface area contributed by atoms with Crippen molar-refractivity contribution < 1.29 is 18.7 Å². The van der Waals surface area contributed by atoms with Crippen LogP contribution in [-0.2, 0) is 11.3 Å². The molecule has 0 bridgehead atoms. The van der Waals surface area contributed by atoms with Gasteiger partial charge in [0.25, 0.3) is 5.91 Å². The summed E-state index contributed by atoms with van der Waals surface area (Å²) in [5, 5.41) is 0. The molecule has 0 aliphatic carbocycles. The number of para-hydroxylation sites is 1. The Hall–Kier alpha value is -2.44. The molecular formula is C26H33FN2O3. The van der Waals surface area contributed by atoms with E-state index < -0.39 is 0 Å². The number of fused-ring (bicyclic) bond motifs is 2. The minimum atomic E-state index is -0.215. The minimum Gasteiger partial charge on any atom is -0.491 e. The number of nitrogens with zero attached hydrogens (tertiary/aromatic N) is 2. The molecule has 6 heteroatoms. The van der Waals surface area contributed by atoms with E-state index in [1.54, 1.807) is 7.11 Å². The molecule has 5 nitrogen and oxygen atoms in total. The molecule has 0 aromatic heterocycles. The molecule has 2 aliphatic rings. The molecule has 1 saturated heterocycles. The maximum Gasteiger partial charge on any atom is 0.257 e. The number of carbonyl (C=O) groups is 1. The molecule has 2 aromatic carbocycles. The number of hydrogen-bond donors (Lipinski definition) is 0. The number of hydrogen-bond acceptors (Lipinski definition) is 4. The van der Waals surface area contributed by atoms with E-state index in [-0.39, 0.29) is 23.9 Å². The standard InChI is InChI=1S/C26H33FN2O3/c1-31-25-10-6-16-29-23(25)8-4-5-15-28(19-20-11-13-21(27)14-12-20)17-18-32-24-9-3-2-7-22(24)26(29)30/h2-3,7,9,11-14,23,25H,4-6,8,10,15-19H2,1H3/t23-,25-/m0/s1. The third-order valence-electron chi connectivity index (χ3n) is 6.61. The zero-order chi connectivity index (χ0) is 22.3. The molecule has 0 unspecified atom stereocenters. The van der Waals surface area contributed by atoms with Crippen LogP contribution >= 0.6 is 0 Å². The van der Waals surface area contributed by atoms with E-state index in [1.807, 2.05) is 41.3 Å². The normalized spacial score (nSPS) is 23.2. The number of methoxy groups -OCH3 is 1. The molecule has 2 heterocycles. The van der Waals surface area contributed by atoms with Crippen LogP contribution in [0.2, 0.25) is 0 Å². The monoisotopic (exact) mass is 440 g/mol. The van der Waals surface area contributed by atoms with Gasteiger partial charge in [-0.2, -0.15) is 0 Å². The van der Waals surface area contributed by atoms with Crippen LogP contribution in [0.4, 0.5) is 4.39 Å². The Morgan fingerprint density at radius 1 is 1.00 bits per heavy atom. The highest BCUT2D eigenvalue weighted by atomic mass is 19.1. The fourth-order valence-corrected chi connectivity index (χ4v) is 4.91.